The third-order valence-electron chi connectivity index (χ3n) is 10.1. The van der Waals surface area contributed by atoms with Gasteiger partial charge in [-0.15, -0.1) is 0 Å². The van der Waals surface area contributed by atoms with Crippen LogP contribution in [0.4, 0.5) is 0 Å². The molecule has 49 heavy (non-hydrogen) atoms. The van der Waals surface area contributed by atoms with Crippen molar-refractivity contribution < 1.29 is 34.4 Å². The fourth-order valence-electron chi connectivity index (χ4n) is 6.59. The quantitative estimate of drug-likeness (QED) is 0.227. The van der Waals surface area contributed by atoms with Crippen molar-refractivity contribution in [2.75, 3.05) is 39.9 Å². The lowest BCUT2D eigenvalue weighted by molar-refractivity contribution is -0.181. The summed E-state index contributed by atoms with van der Waals surface area (Å²) in [5.41, 5.74) is 4.43. The number of nitrogens with one attached hydrogen (secondary N) is 2. The second-order valence-electron chi connectivity index (χ2n) is 14.8. The van der Waals surface area contributed by atoms with Gasteiger partial charge in [-0.2, -0.15) is 0 Å². The first kappa shape index (κ1) is 38.5. The van der Waals surface area contributed by atoms with Gasteiger partial charge in [0.1, 0.15) is 23.5 Å². The van der Waals surface area contributed by atoms with Gasteiger partial charge in [-0.05, 0) is 93.3 Å². The van der Waals surface area contributed by atoms with Crippen LogP contribution in [-0.4, -0.2) is 95.8 Å². The molecule has 2 saturated heterocycles. The van der Waals surface area contributed by atoms with Gasteiger partial charge in [0.2, 0.25) is 11.8 Å². The number of carbonyl (C=O) groups excluding carboxylic acids is 2. The minimum Gasteiger partial charge on any atom is -0.496 e. The third kappa shape index (κ3) is 9.10. The summed E-state index contributed by atoms with van der Waals surface area (Å²) in [4.78, 5) is 28.3. The molecule has 0 radical (unpaired) electrons. The van der Waals surface area contributed by atoms with Crippen LogP contribution in [0.15, 0.2) is 36.4 Å². The van der Waals surface area contributed by atoms with Crippen molar-refractivity contribution in [3.63, 3.8) is 0 Å². The van der Waals surface area contributed by atoms with Gasteiger partial charge in [0, 0.05) is 38.2 Å². The van der Waals surface area contributed by atoms with Crippen molar-refractivity contribution in [2.45, 2.75) is 104 Å². The molecule has 270 valence electrons. The Bertz CT molecular complexity index is 1500. The first-order chi connectivity index (χ1) is 23.1. The molecule has 2 amide bonds. The van der Waals surface area contributed by atoms with Gasteiger partial charge in [0.05, 0.1) is 31.3 Å². The average molecular weight is 680 g/mol. The molecule has 0 bridgehead atoms. The highest BCUT2D eigenvalue weighted by atomic mass is 16.5. The number of benzene rings is 2. The summed E-state index contributed by atoms with van der Waals surface area (Å²) in [5.74, 6) is 0.638. The van der Waals surface area contributed by atoms with Crippen LogP contribution in [0.25, 0.3) is 6.08 Å². The van der Waals surface area contributed by atoms with Crippen molar-refractivity contribution in [3.05, 3.63) is 69.8 Å². The summed E-state index contributed by atoms with van der Waals surface area (Å²) in [6.07, 6.45) is 2.02. The molecule has 10 nitrogen and oxygen atoms in total. The van der Waals surface area contributed by atoms with E-state index in [0.717, 1.165) is 47.3 Å². The van der Waals surface area contributed by atoms with Crippen LogP contribution in [0.5, 0.6) is 5.75 Å². The fraction of sp³-hybridized carbons (Fsp3) is 0.590. The fourth-order valence-corrected chi connectivity index (χ4v) is 6.59. The average Bonchev–Trinajstić information content (AvgIpc) is 3.08. The van der Waals surface area contributed by atoms with E-state index in [9.17, 15) is 24.9 Å². The van der Waals surface area contributed by atoms with Crippen LogP contribution in [0.3, 0.4) is 0 Å². The molecule has 2 aromatic rings. The number of hydrogen-bond acceptors (Lipinski definition) is 8. The number of aliphatic hydroxyl groups is 3. The van der Waals surface area contributed by atoms with Gasteiger partial charge in [-0.3, -0.25) is 9.59 Å². The molecule has 2 unspecified atom stereocenters. The van der Waals surface area contributed by atoms with Crippen molar-refractivity contribution in [2.24, 2.45) is 5.41 Å². The molecule has 2 aliphatic rings. The molecule has 4 rings (SSSR count). The molecule has 2 heterocycles. The standard InChI is InChI=1S/C39H57N3O7/c1-9-24(2)29-21-32(48-8)30(33-22-31(44)35(45)34(23-43)49-33)20-28(29)19-27-11-10-26(18-25(27)3)12-13-38(4,5)36(46)41-39(6,7)37(47)42-16-14-40-15-17-42/h10-13,18,20-21,24,31,33-35,40,43-45H,9,14-17,19,22-23H2,1-8H3,(H,41,46)/b13-12+/t24?,31-,33-,34-,35?/m1/s1. The largest absolute Gasteiger partial charge is 0.496 e. The third-order valence-corrected chi connectivity index (χ3v) is 10.1. The van der Waals surface area contributed by atoms with Crippen LogP contribution >= 0.6 is 0 Å². The lowest BCUT2D eigenvalue weighted by Crippen LogP contribution is -2.60. The monoisotopic (exact) mass is 679 g/mol. The van der Waals surface area contributed by atoms with Gasteiger partial charge in [0.25, 0.3) is 0 Å². The number of rotatable bonds is 12. The lowest BCUT2D eigenvalue weighted by Gasteiger charge is -2.37. The summed E-state index contributed by atoms with van der Waals surface area (Å²) in [6.45, 7) is 16.0. The zero-order valence-corrected chi connectivity index (χ0v) is 30.5. The van der Waals surface area contributed by atoms with E-state index in [1.807, 2.05) is 32.1 Å². The lowest BCUT2D eigenvalue weighted by atomic mass is 9.85. The van der Waals surface area contributed by atoms with Gasteiger partial charge in [0.15, 0.2) is 0 Å². The van der Waals surface area contributed by atoms with Crippen LogP contribution in [0.1, 0.15) is 99.8 Å². The minimum atomic E-state index is -1.15. The predicted molar refractivity (Wildman–Crippen MR) is 192 cm³/mol. The summed E-state index contributed by atoms with van der Waals surface area (Å²) >= 11 is 0. The van der Waals surface area contributed by atoms with E-state index >= 15 is 0 Å². The number of carbonyl (C=O) groups is 2. The highest BCUT2D eigenvalue weighted by Gasteiger charge is 2.39. The molecule has 0 spiro atoms. The van der Waals surface area contributed by atoms with E-state index in [2.05, 4.69) is 55.7 Å². The van der Waals surface area contributed by atoms with Crippen molar-refractivity contribution in [1.29, 1.82) is 0 Å². The molecule has 0 aliphatic carbocycles. The molecule has 2 aliphatic heterocycles. The van der Waals surface area contributed by atoms with Gasteiger partial charge in [-0.1, -0.05) is 44.2 Å². The van der Waals surface area contributed by atoms with Crippen molar-refractivity contribution in [3.8, 4) is 5.75 Å². The molecule has 10 heteroatoms. The van der Waals surface area contributed by atoms with Crippen LogP contribution in [0.2, 0.25) is 0 Å². The number of nitrogens with zero attached hydrogens (tertiary/aromatic N) is 1. The maximum atomic E-state index is 13.4. The number of piperazine rings is 1. The number of hydrogen-bond donors (Lipinski definition) is 5. The number of aliphatic hydroxyl groups excluding tert-OH is 3. The Balaban J connectivity index is 1.54. The Morgan fingerprint density at radius 2 is 1.82 bits per heavy atom. The molecular weight excluding hydrogens is 622 g/mol. The van der Waals surface area contributed by atoms with Crippen LogP contribution in [0, 0.1) is 12.3 Å². The van der Waals surface area contributed by atoms with E-state index in [0.29, 0.717) is 25.3 Å². The summed E-state index contributed by atoms with van der Waals surface area (Å²) in [6, 6.07) is 10.4. The SMILES string of the molecule is CCC(C)c1cc(OC)c([C@H]2C[C@@H](O)C(O)[C@@H](CO)O2)cc1Cc1ccc(/C=C/C(C)(C)C(=O)NC(C)(C)C(=O)N2CCNCC2)cc1C. The highest BCUT2D eigenvalue weighted by Crippen LogP contribution is 2.40. The van der Waals surface area contributed by atoms with Crippen molar-refractivity contribution in [1.82, 2.24) is 15.5 Å². The maximum absolute atomic E-state index is 13.4. The zero-order chi connectivity index (χ0) is 36.1. The topological polar surface area (TPSA) is 141 Å². The normalized spacial score (nSPS) is 22.6. The maximum Gasteiger partial charge on any atom is 0.247 e. The summed E-state index contributed by atoms with van der Waals surface area (Å²) in [7, 11) is 1.62. The van der Waals surface area contributed by atoms with E-state index in [-0.39, 0.29) is 24.2 Å². The number of amides is 2. The van der Waals surface area contributed by atoms with Gasteiger partial charge < -0.3 is 40.3 Å². The minimum absolute atomic E-state index is 0.0779. The summed E-state index contributed by atoms with van der Waals surface area (Å²) < 4.78 is 11.9. The Morgan fingerprint density at radius 1 is 1.12 bits per heavy atom. The Morgan fingerprint density at radius 3 is 2.43 bits per heavy atom. The molecule has 0 saturated carbocycles. The van der Waals surface area contributed by atoms with E-state index < -0.39 is 42.0 Å². The number of ether oxygens (including phenoxy) is 2. The molecule has 2 aromatic carbocycles. The first-order valence-corrected chi connectivity index (χ1v) is 17.6. The number of methoxy groups -OCH3 is 1. The second kappa shape index (κ2) is 16.2. The molecule has 5 atom stereocenters. The van der Waals surface area contributed by atoms with Crippen LogP contribution in [-0.2, 0) is 20.7 Å². The number of aryl methyl sites for hydroxylation is 1. The smallest absolute Gasteiger partial charge is 0.247 e. The van der Waals surface area contributed by atoms with E-state index in [4.69, 9.17) is 9.47 Å². The highest BCUT2D eigenvalue weighted by molar-refractivity contribution is 5.93. The molecule has 0 aromatic heterocycles. The first-order valence-electron chi connectivity index (χ1n) is 17.6. The van der Waals surface area contributed by atoms with E-state index in [1.165, 1.54) is 5.56 Å². The van der Waals surface area contributed by atoms with Gasteiger partial charge >= 0.3 is 0 Å². The molecular formula is C39H57N3O7. The van der Waals surface area contributed by atoms with Crippen LogP contribution < -0.4 is 15.4 Å². The predicted octanol–water partition coefficient (Wildman–Crippen LogP) is 4.02. The molecule has 2 fully saturated rings. The Hall–Kier alpha value is -3.28. The second-order valence-corrected chi connectivity index (χ2v) is 14.8. The Labute approximate surface area is 291 Å². The summed E-state index contributed by atoms with van der Waals surface area (Å²) in [5, 5.41) is 36.8. The molecule has 5 N–H and O–H groups in total. The van der Waals surface area contributed by atoms with Crippen molar-refractivity contribution >= 4 is 17.9 Å². The zero-order valence-electron chi connectivity index (χ0n) is 30.5. The van der Waals surface area contributed by atoms with E-state index in [1.54, 1.807) is 25.9 Å². The Kier molecular flexibility index (Phi) is 12.7. The van der Waals surface area contributed by atoms with Gasteiger partial charge in [-0.25, -0.2) is 0 Å².